The summed E-state index contributed by atoms with van der Waals surface area (Å²) in [6.45, 7) is 2.99. The smallest absolute Gasteiger partial charge is 0.115 e. The standard InChI is InChI=1S/C12H14O.C9H13N.C2H6O/c13-12-8-4-7-11(9-12)10-5-2-1-3-6-10;1-10-8-7-9-5-3-2-4-6-9;1-2-3/h2,4-5,7-10,13H,1,3,6H2;2-6,10H,7-8H2,1H3;3H,2H2,1H3. The number of phenols is 1. The third-order valence-electron chi connectivity index (χ3n) is 4.06. The fourth-order valence-electron chi connectivity index (χ4n) is 2.76. The van der Waals surface area contributed by atoms with E-state index in [2.05, 4.69) is 47.8 Å². The van der Waals surface area contributed by atoms with Crippen molar-refractivity contribution in [3.05, 3.63) is 77.9 Å². The Hall–Kier alpha value is -2.10. The Labute approximate surface area is 158 Å². The molecule has 26 heavy (non-hydrogen) atoms. The lowest BCUT2D eigenvalue weighted by molar-refractivity contribution is 0.318. The van der Waals surface area contributed by atoms with Gasteiger partial charge in [0.25, 0.3) is 0 Å². The molecule has 1 unspecified atom stereocenters. The summed E-state index contributed by atoms with van der Waals surface area (Å²) in [5.74, 6) is 0.886. The fraction of sp³-hybridized carbons (Fsp3) is 0.391. The second kappa shape index (κ2) is 14.1. The van der Waals surface area contributed by atoms with Crippen LogP contribution in [-0.4, -0.2) is 30.4 Å². The molecular formula is C23H33NO2. The van der Waals surface area contributed by atoms with E-state index in [4.69, 9.17) is 5.11 Å². The minimum absolute atomic E-state index is 0.250. The number of rotatable bonds is 4. The van der Waals surface area contributed by atoms with E-state index in [1.54, 1.807) is 13.0 Å². The minimum Gasteiger partial charge on any atom is -0.508 e. The van der Waals surface area contributed by atoms with Crippen LogP contribution >= 0.6 is 0 Å². The highest BCUT2D eigenvalue weighted by molar-refractivity contribution is 5.32. The van der Waals surface area contributed by atoms with Gasteiger partial charge in [0.05, 0.1) is 0 Å². The highest BCUT2D eigenvalue weighted by Crippen LogP contribution is 2.29. The summed E-state index contributed by atoms with van der Waals surface area (Å²) in [5.41, 5.74) is 2.63. The third-order valence-corrected chi connectivity index (χ3v) is 4.06. The summed E-state index contributed by atoms with van der Waals surface area (Å²) in [6, 6.07) is 18.1. The van der Waals surface area contributed by atoms with Gasteiger partial charge >= 0.3 is 0 Å². The molecule has 2 aromatic rings. The molecule has 0 aromatic heterocycles. The first kappa shape index (κ1) is 21.9. The van der Waals surface area contributed by atoms with Crippen LogP contribution in [0.15, 0.2) is 66.7 Å². The first-order valence-corrected chi connectivity index (χ1v) is 9.46. The molecule has 0 bridgehead atoms. The number of aliphatic hydroxyl groups is 1. The van der Waals surface area contributed by atoms with Crippen LogP contribution in [0.1, 0.15) is 43.2 Å². The molecule has 2 aromatic carbocycles. The van der Waals surface area contributed by atoms with E-state index >= 15 is 0 Å². The van der Waals surface area contributed by atoms with Crippen molar-refractivity contribution in [1.82, 2.24) is 5.32 Å². The van der Waals surface area contributed by atoms with Gasteiger partial charge in [-0.25, -0.2) is 0 Å². The quantitative estimate of drug-likeness (QED) is 0.699. The van der Waals surface area contributed by atoms with Crippen LogP contribution < -0.4 is 5.32 Å². The van der Waals surface area contributed by atoms with Crippen molar-refractivity contribution >= 4 is 0 Å². The molecule has 0 fully saturated rings. The van der Waals surface area contributed by atoms with E-state index in [1.165, 1.54) is 30.4 Å². The van der Waals surface area contributed by atoms with Crippen LogP contribution in [0, 0.1) is 0 Å². The number of aromatic hydroxyl groups is 1. The molecule has 142 valence electrons. The van der Waals surface area contributed by atoms with Crippen molar-refractivity contribution in [3.8, 4) is 5.75 Å². The zero-order valence-electron chi connectivity index (χ0n) is 16.1. The summed E-state index contributed by atoms with van der Waals surface area (Å²) in [5, 5.41) is 20.0. The van der Waals surface area contributed by atoms with Crippen LogP contribution in [-0.2, 0) is 6.42 Å². The Kier molecular flexibility index (Phi) is 11.9. The highest BCUT2D eigenvalue weighted by atomic mass is 16.3. The van der Waals surface area contributed by atoms with Crippen molar-refractivity contribution in [3.63, 3.8) is 0 Å². The molecular weight excluding hydrogens is 322 g/mol. The van der Waals surface area contributed by atoms with Crippen LogP contribution in [0.25, 0.3) is 0 Å². The molecule has 3 N–H and O–H groups in total. The average Bonchev–Trinajstić information content (AvgIpc) is 2.69. The Balaban J connectivity index is 0.000000233. The number of benzene rings is 2. The van der Waals surface area contributed by atoms with Crippen LogP contribution in [0.4, 0.5) is 0 Å². The number of phenolic OH excluding ortho intramolecular Hbond substituents is 1. The zero-order valence-corrected chi connectivity index (χ0v) is 16.1. The molecule has 3 heteroatoms. The Morgan fingerprint density at radius 1 is 1.08 bits per heavy atom. The molecule has 3 nitrogen and oxygen atoms in total. The normalized spacial score (nSPS) is 15.3. The van der Waals surface area contributed by atoms with Crippen molar-refractivity contribution < 1.29 is 10.2 Å². The maximum Gasteiger partial charge on any atom is 0.115 e. The number of hydrogen-bond acceptors (Lipinski definition) is 3. The van der Waals surface area contributed by atoms with Crippen molar-refractivity contribution in [2.45, 2.75) is 38.5 Å². The van der Waals surface area contributed by atoms with E-state index in [-0.39, 0.29) is 6.61 Å². The monoisotopic (exact) mass is 355 g/mol. The van der Waals surface area contributed by atoms with E-state index in [0.29, 0.717) is 11.7 Å². The molecule has 0 heterocycles. The molecule has 0 saturated heterocycles. The first-order valence-electron chi connectivity index (χ1n) is 9.46. The Morgan fingerprint density at radius 3 is 2.38 bits per heavy atom. The van der Waals surface area contributed by atoms with E-state index in [1.807, 2.05) is 25.2 Å². The summed E-state index contributed by atoms with van der Waals surface area (Å²) < 4.78 is 0. The second-order valence-electron chi connectivity index (χ2n) is 6.22. The minimum atomic E-state index is 0.250. The molecule has 0 saturated carbocycles. The lowest BCUT2D eigenvalue weighted by atomic mass is 9.89. The summed E-state index contributed by atoms with van der Waals surface area (Å²) >= 11 is 0. The Bertz CT molecular complexity index is 611. The predicted molar refractivity (Wildman–Crippen MR) is 111 cm³/mol. The maximum absolute atomic E-state index is 9.32. The number of likely N-dealkylation sites (N-methyl/N-ethyl adjacent to an activating group) is 1. The van der Waals surface area contributed by atoms with Gasteiger partial charge in [-0.05, 0) is 69.5 Å². The van der Waals surface area contributed by atoms with Crippen molar-refractivity contribution in [2.75, 3.05) is 20.2 Å². The summed E-state index contributed by atoms with van der Waals surface area (Å²) in [6.07, 6.45) is 9.28. The van der Waals surface area contributed by atoms with Crippen molar-refractivity contribution in [1.29, 1.82) is 0 Å². The first-order chi connectivity index (χ1) is 12.7. The zero-order chi connectivity index (χ0) is 19.0. The topological polar surface area (TPSA) is 52.5 Å². The van der Waals surface area contributed by atoms with Gasteiger partial charge < -0.3 is 15.5 Å². The molecule has 1 aliphatic carbocycles. The molecule has 3 rings (SSSR count). The van der Waals surface area contributed by atoms with Gasteiger partial charge in [0.15, 0.2) is 0 Å². The largest absolute Gasteiger partial charge is 0.508 e. The highest BCUT2D eigenvalue weighted by Gasteiger charge is 2.10. The molecule has 1 aliphatic rings. The number of hydrogen-bond donors (Lipinski definition) is 3. The summed E-state index contributed by atoms with van der Waals surface area (Å²) in [4.78, 5) is 0. The number of allylic oxidation sites excluding steroid dienone is 2. The van der Waals surface area contributed by atoms with Gasteiger partial charge in [-0.1, -0.05) is 54.6 Å². The lowest BCUT2D eigenvalue weighted by Crippen LogP contribution is -2.09. The summed E-state index contributed by atoms with van der Waals surface area (Å²) in [7, 11) is 1.98. The number of nitrogens with one attached hydrogen (secondary N) is 1. The molecule has 1 atom stereocenters. The molecule has 0 spiro atoms. The maximum atomic E-state index is 9.32. The van der Waals surface area contributed by atoms with Gasteiger partial charge in [0, 0.05) is 12.5 Å². The van der Waals surface area contributed by atoms with Crippen molar-refractivity contribution in [2.24, 2.45) is 0 Å². The van der Waals surface area contributed by atoms with Gasteiger partial charge in [-0.2, -0.15) is 0 Å². The fourth-order valence-corrected chi connectivity index (χ4v) is 2.76. The van der Waals surface area contributed by atoms with Gasteiger partial charge in [-0.3, -0.25) is 0 Å². The Morgan fingerprint density at radius 2 is 1.81 bits per heavy atom. The second-order valence-corrected chi connectivity index (χ2v) is 6.22. The van der Waals surface area contributed by atoms with Gasteiger partial charge in [-0.15, -0.1) is 0 Å². The van der Waals surface area contributed by atoms with E-state index in [9.17, 15) is 5.11 Å². The molecule has 0 radical (unpaired) electrons. The van der Waals surface area contributed by atoms with Crippen LogP contribution in [0.2, 0.25) is 0 Å². The van der Waals surface area contributed by atoms with Crippen LogP contribution in [0.5, 0.6) is 5.75 Å². The van der Waals surface area contributed by atoms with Gasteiger partial charge in [0.1, 0.15) is 5.75 Å². The molecule has 0 amide bonds. The SMILES string of the molecule is CCO.CNCCc1ccccc1.Oc1cccc(C2C=CCCC2)c1. The van der Waals surface area contributed by atoms with E-state index in [0.717, 1.165) is 13.0 Å². The van der Waals surface area contributed by atoms with E-state index < -0.39 is 0 Å². The van der Waals surface area contributed by atoms with Crippen LogP contribution in [0.3, 0.4) is 0 Å². The van der Waals surface area contributed by atoms with Gasteiger partial charge in [0.2, 0.25) is 0 Å². The lowest BCUT2D eigenvalue weighted by Gasteiger charge is -2.16. The average molecular weight is 356 g/mol. The third kappa shape index (κ3) is 9.40. The predicted octanol–water partition coefficient (Wildman–Crippen LogP) is 4.66. The molecule has 0 aliphatic heterocycles. The number of aliphatic hydroxyl groups excluding tert-OH is 1.